The van der Waals surface area contributed by atoms with E-state index < -0.39 is 7.82 Å². The van der Waals surface area contributed by atoms with Gasteiger partial charge in [0, 0.05) is 53.9 Å². The normalized spacial score (nSPS) is 13.8. The highest BCUT2D eigenvalue weighted by Gasteiger charge is 2.17. The lowest BCUT2D eigenvalue weighted by molar-refractivity contribution is -0.122. The summed E-state index contributed by atoms with van der Waals surface area (Å²) in [5.74, 6) is -0.324. The lowest BCUT2D eigenvalue weighted by Gasteiger charge is -2.18. The van der Waals surface area contributed by atoms with Crippen molar-refractivity contribution < 1.29 is 51.8 Å². The Hall–Kier alpha value is -1.15. The third kappa shape index (κ3) is 23.0. The van der Waals surface area contributed by atoms with E-state index in [4.69, 9.17) is 28.6 Å². The van der Waals surface area contributed by atoms with Crippen LogP contribution in [-0.2, 0) is 46.9 Å². The molecule has 35 heavy (non-hydrogen) atoms. The van der Waals surface area contributed by atoms with Gasteiger partial charge in [0.25, 0.3) is 0 Å². The third-order valence-corrected chi connectivity index (χ3v) is 5.37. The molecule has 0 bridgehead atoms. The first-order chi connectivity index (χ1) is 16.8. The number of phosphoric acid groups is 1. The third-order valence-electron chi connectivity index (χ3n) is 4.40. The highest BCUT2D eigenvalue weighted by Crippen LogP contribution is 2.41. The molecule has 0 fully saturated rings. The summed E-state index contributed by atoms with van der Waals surface area (Å²) in [6, 6.07) is 0. The predicted octanol–water partition coefficient (Wildman–Crippen LogP) is 0.644. The van der Waals surface area contributed by atoms with Gasteiger partial charge >= 0.3 is 7.82 Å². The fourth-order valence-corrected chi connectivity index (χ4v) is 3.00. The van der Waals surface area contributed by atoms with Crippen molar-refractivity contribution in [1.29, 1.82) is 0 Å². The number of hydrogen-bond donors (Lipinski definition) is 3. The number of hydrogen-bond acceptors (Lipinski definition) is 10. The van der Waals surface area contributed by atoms with Crippen molar-refractivity contribution in [2.24, 2.45) is 0 Å². The maximum absolute atomic E-state index is 11.9. The molecule has 0 heterocycles. The summed E-state index contributed by atoms with van der Waals surface area (Å²) < 4.78 is 46.7. The van der Waals surface area contributed by atoms with E-state index in [1.165, 1.54) is 0 Å². The molecule has 14 heteroatoms. The zero-order chi connectivity index (χ0) is 26.2. The van der Waals surface area contributed by atoms with Gasteiger partial charge in [-0.1, -0.05) is 0 Å². The van der Waals surface area contributed by atoms with E-state index in [1.807, 2.05) is 0 Å². The molecule has 0 aliphatic heterocycles. The van der Waals surface area contributed by atoms with Crippen molar-refractivity contribution in [1.82, 2.24) is 10.6 Å². The van der Waals surface area contributed by atoms with Crippen LogP contribution in [0.1, 0.15) is 32.1 Å². The Morgan fingerprint density at radius 2 is 1.31 bits per heavy atom. The van der Waals surface area contributed by atoms with Crippen LogP contribution in [0, 0.1) is 0 Å². The van der Waals surface area contributed by atoms with Crippen LogP contribution in [0.5, 0.6) is 0 Å². The van der Waals surface area contributed by atoms with Gasteiger partial charge in [0.05, 0.1) is 46.2 Å². The van der Waals surface area contributed by atoms with Crippen LogP contribution < -0.4 is 10.6 Å². The number of carbonyl (C=O) groups is 2. The van der Waals surface area contributed by atoms with Gasteiger partial charge in [0.15, 0.2) is 0 Å². The Kier molecular flexibility index (Phi) is 22.5. The molecule has 0 rings (SSSR count). The minimum absolute atomic E-state index is 0.0162. The van der Waals surface area contributed by atoms with Gasteiger partial charge in [-0.05, 0) is 19.3 Å². The predicted molar refractivity (Wildman–Crippen MR) is 127 cm³/mol. The first-order valence-electron chi connectivity index (χ1n) is 11.7. The summed E-state index contributed by atoms with van der Waals surface area (Å²) in [4.78, 5) is 32.7. The molecule has 0 saturated carbocycles. The van der Waals surface area contributed by atoms with E-state index in [9.17, 15) is 14.2 Å². The molecule has 0 aromatic rings. The second kappa shape index (κ2) is 23.3. The van der Waals surface area contributed by atoms with Crippen molar-refractivity contribution >= 4 is 19.6 Å². The SMILES string of the molecule is COCCOCC(COCCCNC(=O)CCCC(=O)NCCCOP(=O)(O)OC)OCCOC. The zero-order valence-corrected chi connectivity index (χ0v) is 22.1. The smallest absolute Gasteiger partial charge is 0.382 e. The summed E-state index contributed by atoms with van der Waals surface area (Å²) in [6.07, 6.45) is 1.68. The van der Waals surface area contributed by atoms with Crippen molar-refractivity contribution in [2.75, 3.05) is 87.3 Å². The molecule has 3 N–H and O–H groups in total. The summed E-state index contributed by atoms with van der Waals surface area (Å²) in [7, 11) is 0.311. The second-order valence-electron chi connectivity index (χ2n) is 7.37. The van der Waals surface area contributed by atoms with Gasteiger partial charge in [0.1, 0.15) is 6.10 Å². The Bertz CT molecular complexity index is 583. The Morgan fingerprint density at radius 1 is 0.771 bits per heavy atom. The minimum atomic E-state index is -3.98. The van der Waals surface area contributed by atoms with Crippen LogP contribution in [0.15, 0.2) is 0 Å². The van der Waals surface area contributed by atoms with Gasteiger partial charge < -0.3 is 39.2 Å². The van der Waals surface area contributed by atoms with E-state index in [1.54, 1.807) is 14.2 Å². The summed E-state index contributed by atoms with van der Waals surface area (Å²) in [5.41, 5.74) is 0. The molecule has 2 amide bonds. The number of ether oxygens (including phenoxy) is 5. The molecule has 0 spiro atoms. The molecule has 0 aromatic heterocycles. The minimum Gasteiger partial charge on any atom is -0.382 e. The summed E-state index contributed by atoms with van der Waals surface area (Å²) in [6.45, 7) is 3.91. The number of amides is 2. The Morgan fingerprint density at radius 3 is 1.89 bits per heavy atom. The average Bonchev–Trinajstić information content (AvgIpc) is 2.83. The second-order valence-corrected chi connectivity index (χ2v) is 8.93. The first kappa shape index (κ1) is 33.8. The maximum atomic E-state index is 11.9. The molecule has 208 valence electrons. The number of rotatable bonds is 25. The number of carbonyl (C=O) groups excluding carboxylic acids is 2. The van der Waals surface area contributed by atoms with Gasteiger partial charge in [0.2, 0.25) is 11.8 Å². The van der Waals surface area contributed by atoms with Crippen LogP contribution in [-0.4, -0.2) is 110 Å². The van der Waals surface area contributed by atoms with Crippen molar-refractivity contribution in [2.45, 2.75) is 38.2 Å². The van der Waals surface area contributed by atoms with Gasteiger partial charge in [-0.25, -0.2) is 4.57 Å². The lowest BCUT2D eigenvalue weighted by atomic mass is 10.2. The van der Waals surface area contributed by atoms with Crippen LogP contribution in [0.4, 0.5) is 0 Å². The van der Waals surface area contributed by atoms with E-state index in [0.29, 0.717) is 78.6 Å². The Balaban J connectivity index is 3.73. The van der Waals surface area contributed by atoms with Crippen LogP contribution in [0.2, 0.25) is 0 Å². The molecule has 0 saturated heterocycles. The van der Waals surface area contributed by atoms with E-state index in [0.717, 1.165) is 7.11 Å². The largest absolute Gasteiger partial charge is 0.471 e. The maximum Gasteiger partial charge on any atom is 0.471 e. The molecule has 0 radical (unpaired) electrons. The summed E-state index contributed by atoms with van der Waals surface area (Å²) in [5, 5.41) is 5.46. The van der Waals surface area contributed by atoms with Crippen molar-refractivity contribution in [3.05, 3.63) is 0 Å². The first-order valence-corrected chi connectivity index (χ1v) is 13.2. The quantitative estimate of drug-likeness (QED) is 0.112. The fourth-order valence-electron chi connectivity index (χ4n) is 2.54. The molecule has 2 atom stereocenters. The molecule has 2 unspecified atom stereocenters. The number of phosphoric ester groups is 1. The molecule has 13 nitrogen and oxygen atoms in total. The molecular formula is C21H43N2O11P. The topological polar surface area (TPSA) is 160 Å². The standard InChI is InChI=1S/C21H43N2O11P/c1-28-13-15-32-18-19(33-16-14-29-2)17-31-11-5-9-22-20(24)7-4-8-21(25)23-10-6-12-34-35(26,27)30-3/h19H,4-18H2,1-3H3,(H,22,24)(H,23,25)(H,26,27). The Labute approximate surface area is 208 Å². The van der Waals surface area contributed by atoms with Crippen molar-refractivity contribution in [3.63, 3.8) is 0 Å². The monoisotopic (exact) mass is 530 g/mol. The van der Waals surface area contributed by atoms with Crippen LogP contribution >= 0.6 is 7.82 Å². The van der Waals surface area contributed by atoms with Gasteiger partial charge in [-0.3, -0.25) is 18.6 Å². The van der Waals surface area contributed by atoms with Crippen LogP contribution in [0.25, 0.3) is 0 Å². The zero-order valence-electron chi connectivity index (χ0n) is 21.2. The lowest BCUT2D eigenvalue weighted by Crippen LogP contribution is -2.29. The van der Waals surface area contributed by atoms with E-state index in [-0.39, 0.29) is 37.4 Å². The molecule has 0 aliphatic rings. The fraction of sp³-hybridized carbons (Fsp3) is 0.905. The molecule has 0 aromatic carbocycles. The molecular weight excluding hydrogens is 487 g/mol. The highest BCUT2D eigenvalue weighted by atomic mass is 31.2. The average molecular weight is 531 g/mol. The number of nitrogens with one attached hydrogen (secondary N) is 2. The van der Waals surface area contributed by atoms with E-state index >= 15 is 0 Å². The van der Waals surface area contributed by atoms with E-state index in [2.05, 4.69) is 19.7 Å². The van der Waals surface area contributed by atoms with Crippen molar-refractivity contribution in [3.8, 4) is 0 Å². The van der Waals surface area contributed by atoms with Gasteiger partial charge in [-0.2, -0.15) is 0 Å². The summed E-state index contributed by atoms with van der Waals surface area (Å²) >= 11 is 0. The highest BCUT2D eigenvalue weighted by molar-refractivity contribution is 7.47. The number of methoxy groups -OCH3 is 2. The molecule has 0 aliphatic carbocycles. The van der Waals surface area contributed by atoms with Crippen LogP contribution in [0.3, 0.4) is 0 Å². The van der Waals surface area contributed by atoms with Gasteiger partial charge in [-0.15, -0.1) is 0 Å².